The second-order valence-corrected chi connectivity index (χ2v) is 3.91. The van der Waals surface area contributed by atoms with Gasteiger partial charge in [0.25, 0.3) is 0 Å². The zero-order valence-electron chi connectivity index (χ0n) is 9.29. The van der Waals surface area contributed by atoms with Crippen molar-refractivity contribution in [3.05, 3.63) is 0 Å². The molecule has 1 unspecified atom stereocenters. The van der Waals surface area contributed by atoms with Gasteiger partial charge in [-0.15, -0.1) is 0 Å². The standard InChI is InChI=1S/C11H21NO2/c1-3-5-10-9-14-11(13)6-8-12(10)7-4-2/h10H,3-9H2,1-2H3. The molecule has 3 heteroatoms. The number of ether oxygens (including phenoxy) is 1. The molecule has 1 rings (SSSR count). The summed E-state index contributed by atoms with van der Waals surface area (Å²) in [6, 6.07) is 0.450. The first kappa shape index (κ1) is 11.5. The van der Waals surface area contributed by atoms with Gasteiger partial charge < -0.3 is 4.74 Å². The molecule has 0 aliphatic carbocycles. The highest BCUT2D eigenvalue weighted by Crippen LogP contribution is 2.13. The third-order valence-electron chi connectivity index (χ3n) is 2.69. The minimum absolute atomic E-state index is 0.0373. The van der Waals surface area contributed by atoms with Gasteiger partial charge in [0.15, 0.2) is 0 Å². The lowest BCUT2D eigenvalue weighted by Crippen LogP contribution is -2.37. The predicted molar refractivity (Wildman–Crippen MR) is 56.1 cm³/mol. The monoisotopic (exact) mass is 199 g/mol. The molecule has 0 radical (unpaired) electrons. The van der Waals surface area contributed by atoms with Crippen LogP contribution in [0.15, 0.2) is 0 Å². The molecule has 1 atom stereocenters. The summed E-state index contributed by atoms with van der Waals surface area (Å²) in [6.07, 6.45) is 3.99. The minimum Gasteiger partial charge on any atom is -0.464 e. The van der Waals surface area contributed by atoms with Crippen molar-refractivity contribution in [3.63, 3.8) is 0 Å². The van der Waals surface area contributed by atoms with Crippen LogP contribution in [-0.2, 0) is 9.53 Å². The number of rotatable bonds is 4. The van der Waals surface area contributed by atoms with Gasteiger partial charge in [0, 0.05) is 12.6 Å². The normalized spacial score (nSPS) is 24.4. The molecule has 1 fully saturated rings. The van der Waals surface area contributed by atoms with Gasteiger partial charge in [-0.05, 0) is 19.4 Å². The average molecular weight is 199 g/mol. The van der Waals surface area contributed by atoms with E-state index in [4.69, 9.17) is 4.74 Å². The Labute approximate surface area is 86.4 Å². The molecular formula is C11H21NO2. The van der Waals surface area contributed by atoms with Gasteiger partial charge in [-0.25, -0.2) is 0 Å². The quantitative estimate of drug-likeness (QED) is 0.647. The third kappa shape index (κ3) is 3.29. The molecule has 0 saturated carbocycles. The van der Waals surface area contributed by atoms with E-state index in [1.807, 2.05) is 0 Å². The zero-order chi connectivity index (χ0) is 10.4. The highest BCUT2D eigenvalue weighted by molar-refractivity contribution is 5.69. The Balaban J connectivity index is 2.51. The van der Waals surface area contributed by atoms with Crippen molar-refractivity contribution in [2.45, 2.75) is 45.6 Å². The van der Waals surface area contributed by atoms with Crippen LogP contribution in [0.5, 0.6) is 0 Å². The number of cyclic esters (lactones) is 1. The first-order chi connectivity index (χ1) is 6.77. The maximum Gasteiger partial charge on any atom is 0.307 e. The Morgan fingerprint density at radius 1 is 1.43 bits per heavy atom. The zero-order valence-corrected chi connectivity index (χ0v) is 9.29. The van der Waals surface area contributed by atoms with Crippen LogP contribution in [0.4, 0.5) is 0 Å². The van der Waals surface area contributed by atoms with Gasteiger partial charge in [-0.3, -0.25) is 9.69 Å². The predicted octanol–water partition coefficient (Wildman–Crippen LogP) is 1.81. The number of nitrogens with zero attached hydrogens (tertiary/aromatic N) is 1. The van der Waals surface area contributed by atoms with Crippen molar-refractivity contribution in [1.29, 1.82) is 0 Å². The molecule has 14 heavy (non-hydrogen) atoms. The molecule has 0 N–H and O–H groups in total. The van der Waals surface area contributed by atoms with E-state index in [0.717, 1.165) is 32.4 Å². The van der Waals surface area contributed by atoms with Crippen molar-refractivity contribution in [1.82, 2.24) is 4.90 Å². The van der Waals surface area contributed by atoms with Gasteiger partial charge in [0.2, 0.25) is 0 Å². The summed E-state index contributed by atoms with van der Waals surface area (Å²) in [5.41, 5.74) is 0. The molecule has 82 valence electrons. The van der Waals surface area contributed by atoms with Crippen molar-refractivity contribution in [2.24, 2.45) is 0 Å². The van der Waals surface area contributed by atoms with E-state index in [1.165, 1.54) is 0 Å². The lowest BCUT2D eigenvalue weighted by molar-refractivity contribution is -0.142. The molecule has 3 nitrogen and oxygen atoms in total. The van der Waals surface area contributed by atoms with E-state index >= 15 is 0 Å². The van der Waals surface area contributed by atoms with E-state index in [0.29, 0.717) is 19.1 Å². The Morgan fingerprint density at radius 3 is 2.86 bits per heavy atom. The number of carbonyl (C=O) groups is 1. The number of hydrogen-bond acceptors (Lipinski definition) is 3. The number of esters is 1. The summed E-state index contributed by atoms with van der Waals surface area (Å²) in [6.45, 7) is 6.90. The molecule has 1 aliphatic heterocycles. The largest absolute Gasteiger partial charge is 0.464 e. The van der Waals surface area contributed by atoms with E-state index in [2.05, 4.69) is 18.7 Å². The Hall–Kier alpha value is -0.570. The second kappa shape index (κ2) is 6.02. The molecule has 1 heterocycles. The van der Waals surface area contributed by atoms with Crippen LogP contribution in [-0.4, -0.2) is 36.6 Å². The fourth-order valence-electron chi connectivity index (χ4n) is 1.96. The Bertz CT molecular complexity index is 164. The van der Waals surface area contributed by atoms with Crippen molar-refractivity contribution in [3.8, 4) is 0 Å². The van der Waals surface area contributed by atoms with Crippen molar-refractivity contribution in [2.75, 3.05) is 19.7 Å². The molecule has 1 saturated heterocycles. The Morgan fingerprint density at radius 2 is 2.21 bits per heavy atom. The van der Waals surface area contributed by atoms with Gasteiger partial charge in [0.1, 0.15) is 6.61 Å². The van der Waals surface area contributed by atoms with Gasteiger partial charge >= 0.3 is 5.97 Å². The summed E-state index contributed by atoms with van der Waals surface area (Å²) >= 11 is 0. The van der Waals surface area contributed by atoms with Gasteiger partial charge in [-0.1, -0.05) is 20.3 Å². The smallest absolute Gasteiger partial charge is 0.307 e. The first-order valence-electron chi connectivity index (χ1n) is 5.67. The molecule has 1 aliphatic rings. The fraction of sp³-hybridized carbons (Fsp3) is 0.909. The van der Waals surface area contributed by atoms with Crippen LogP contribution in [0.1, 0.15) is 39.5 Å². The lowest BCUT2D eigenvalue weighted by Gasteiger charge is -2.27. The molecule has 0 aromatic heterocycles. The molecule has 0 aromatic rings. The summed E-state index contributed by atoms with van der Waals surface area (Å²) < 4.78 is 5.16. The van der Waals surface area contributed by atoms with Gasteiger partial charge in [0.05, 0.1) is 6.42 Å². The summed E-state index contributed by atoms with van der Waals surface area (Å²) in [7, 11) is 0. The molecular weight excluding hydrogens is 178 g/mol. The minimum atomic E-state index is -0.0373. The summed E-state index contributed by atoms with van der Waals surface area (Å²) in [5, 5.41) is 0. The van der Waals surface area contributed by atoms with E-state index in [1.54, 1.807) is 0 Å². The van der Waals surface area contributed by atoms with Crippen LogP contribution in [0.3, 0.4) is 0 Å². The van der Waals surface area contributed by atoms with Crippen LogP contribution < -0.4 is 0 Å². The van der Waals surface area contributed by atoms with Gasteiger partial charge in [-0.2, -0.15) is 0 Å². The van der Waals surface area contributed by atoms with Crippen LogP contribution in [0, 0.1) is 0 Å². The highest BCUT2D eigenvalue weighted by atomic mass is 16.5. The number of carbonyl (C=O) groups excluding carboxylic acids is 1. The first-order valence-corrected chi connectivity index (χ1v) is 5.67. The lowest BCUT2D eigenvalue weighted by atomic mass is 10.1. The topological polar surface area (TPSA) is 29.5 Å². The second-order valence-electron chi connectivity index (χ2n) is 3.91. The average Bonchev–Trinajstić information content (AvgIpc) is 2.33. The van der Waals surface area contributed by atoms with E-state index in [9.17, 15) is 4.79 Å². The highest BCUT2D eigenvalue weighted by Gasteiger charge is 2.23. The molecule has 0 spiro atoms. The van der Waals surface area contributed by atoms with Crippen molar-refractivity contribution < 1.29 is 9.53 Å². The van der Waals surface area contributed by atoms with E-state index in [-0.39, 0.29) is 5.97 Å². The molecule has 0 amide bonds. The van der Waals surface area contributed by atoms with Crippen LogP contribution >= 0.6 is 0 Å². The SMILES string of the molecule is CCCC1COC(=O)CCN1CCC. The molecule has 0 aromatic carbocycles. The van der Waals surface area contributed by atoms with Crippen molar-refractivity contribution >= 4 is 5.97 Å². The summed E-state index contributed by atoms with van der Waals surface area (Å²) in [4.78, 5) is 13.5. The Kier molecular flexibility index (Phi) is 4.94. The fourth-order valence-corrected chi connectivity index (χ4v) is 1.96. The maximum atomic E-state index is 11.1. The third-order valence-corrected chi connectivity index (χ3v) is 2.69. The van der Waals surface area contributed by atoms with Crippen LogP contribution in [0.25, 0.3) is 0 Å². The molecule has 0 bridgehead atoms. The van der Waals surface area contributed by atoms with E-state index < -0.39 is 0 Å². The maximum absolute atomic E-state index is 11.1. The van der Waals surface area contributed by atoms with Crippen LogP contribution in [0.2, 0.25) is 0 Å². The summed E-state index contributed by atoms with van der Waals surface area (Å²) in [5.74, 6) is -0.0373. The number of hydrogen-bond donors (Lipinski definition) is 0.